The summed E-state index contributed by atoms with van der Waals surface area (Å²) in [5.74, 6) is 0.0494. The summed E-state index contributed by atoms with van der Waals surface area (Å²) in [4.78, 5) is 8.68. The molecular formula is C26H34FN5O2. The van der Waals surface area contributed by atoms with Crippen LogP contribution < -0.4 is 15.8 Å². The Bertz CT molecular complexity index is 1210. The molecule has 7 nitrogen and oxygen atoms in total. The summed E-state index contributed by atoms with van der Waals surface area (Å²) in [6.45, 7) is 8.96. The molecule has 0 unspecified atom stereocenters. The molecule has 34 heavy (non-hydrogen) atoms. The fraction of sp³-hybridized carbons (Fsp3) is 0.385. The molecule has 3 aromatic rings. The average molecular weight is 468 g/mol. The zero-order chi connectivity index (χ0) is 24.9. The number of nitrogens with two attached hydrogens (primary N) is 1. The van der Waals surface area contributed by atoms with E-state index in [0.717, 1.165) is 40.3 Å². The van der Waals surface area contributed by atoms with Gasteiger partial charge in [-0.15, -0.1) is 0 Å². The molecule has 2 aromatic heterocycles. The molecule has 2 heterocycles. The van der Waals surface area contributed by atoms with E-state index >= 15 is 0 Å². The highest BCUT2D eigenvalue weighted by molar-refractivity contribution is 5.99. The predicted octanol–water partition coefficient (Wildman–Crippen LogP) is 4.09. The van der Waals surface area contributed by atoms with E-state index in [-0.39, 0.29) is 12.4 Å². The third kappa shape index (κ3) is 5.81. The Morgan fingerprint density at radius 3 is 2.74 bits per heavy atom. The molecule has 0 aliphatic rings. The third-order valence-electron chi connectivity index (χ3n) is 5.76. The molecule has 0 saturated heterocycles. The Morgan fingerprint density at radius 1 is 1.29 bits per heavy atom. The van der Waals surface area contributed by atoms with Crippen LogP contribution in [0.1, 0.15) is 39.8 Å². The molecule has 0 saturated carbocycles. The maximum absolute atomic E-state index is 14.1. The molecule has 182 valence electrons. The number of ether oxygens (including phenoxy) is 1. The number of hydrogen-bond donors (Lipinski definition) is 3. The number of nitrogens with zero attached hydrogens (tertiary/aromatic N) is 3. The lowest BCUT2D eigenvalue weighted by molar-refractivity contribution is 0.117. The normalized spacial score (nSPS) is 13.3. The summed E-state index contributed by atoms with van der Waals surface area (Å²) in [6.07, 6.45) is 4.26. The largest absolute Gasteiger partial charge is 0.492 e. The van der Waals surface area contributed by atoms with Gasteiger partial charge in [-0.1, -0.05) is 6.92 Å². The van der Waals surface area contributed by atoms with Gasteiger partial charge in [0, 0.05) is 54.8 Å². The first-order valence-electron chi connectivity index (χ1n) is 11.4. The van der Waals surface area contributed by atoms with Crippen molar-refractivity contribution in [2.75, 3.05) is 20.2 Å². The van der Waals surface area contributed by atoms with Crippen LogP contribution in [0, 0.1) is 5.82 Å². The van der Waals surface area contributed by atoms with Gasteiger partial charge in [0.15, 0.2) is 0 Å². The van der Waals surface area contributed by atoms with Crippen LogP contribution in [0.2, 0.25) is 0 Å². The summed E-state index contributed by atoms with van der Waals surface area (Å²) in [5.41, 5.74) is 10.3. The van der Waals surface area contributed by atoms with E-state index in [1.807, 2.05) is 35.9 Å². The molecule has 3 rings (SSSR count). The number of hydrogen-bond acceptors (Lipinski definition) is 6. The number of imidazole rings is 1. The highest BCUT2D eigenvalue weighted by Gasteiger charge is 2.22. The summed E-state index contributed by atoms with van der Waals surface area (Å²) in [6, 6.07) is 8.41. The minimum Gasteiger partial charge on any atom is -0.492 e. The number of aliphatic imine (C=N–C) groups is 1. The molecule has 0 amide bonds. The number of nitrogens with one attached hydrogen (secondary N) is 1. The van der Waals surface area contributed by atoms with E-state index in [1.165, 1.54) is 12.1 Å². The minimum absolute atomic E-state index is 0.244. The number of aliphatic hydroxyl groups is 1. The van der Waals surface area contributed by atoms with Crippen molar-refractivity contribution in [2.24, 2.45) is 10.7 Å². The third-order valence-corrected chi connectivity index (χ3v) is 5.76. The van der Waals surface area contributed by atoms with E-state index in [1.54, 1.807) is 27.0 Å². The van der Waals surface area contributed by atoms with Gasteiger partial charge in [-0.05, 0) is 57.2 Å². The highest BCUT2D eigenvalue weighted by Crippen LogP contribution is 2.32. The van der Waals surface area contributed by atoms with Crippen LogP contribution in [0.5, 0.6) is 5.75 Å². The van der Waals surface area contributed by atoms with Crippen molar-refractivity contribution in [1.29, 1.82) is 0 Å². The Hall–Kier alpha value is -3.23. The maximum atomic E-state index is 14.1. The summed E-state index contributed by atoms with van der Waals surface area (Å²) in [7, 11) is 1.68. The van der Waals surface area contributed by atoms with Crippen molar-refractivity contribution in [2.45, 2.75) is 46.3 Å². The van der Waals surface area contributed by atoms with Gasteiger partial charge in [0.25, 0.3) is 0 Å². The van der Waals surface area contributed by atoms with E-state index < -0.39 is 5.60 Å². The zero-order valence-corrected chi connectivity index (χ0v) is 20.5. The lowest BCUT2D eigenvalue weighted by Gasteiger charge is -2.22. The standard InChI is InChI=1S/C26H34FN5O2/c1-6-30-14-20-15-31-24-10-7-18(16-32(20)24)22-9-8-19(27)13-23(22)34-12-11-21(17(2)29-5)25(28)26(3,4)33/h7-10,13,15-16,30,33H,6,11-12,14,28H2,1-5H3/b25-21-,29-17?. The number of pyridine rings is 1. The zero-order valence-electron chi connectivity index (χ0n) is 20.5. The SMILES string of the molecule is CCNCc1cnc2ccc(-c3ccc(F)cc3OCC/C(C(C)=NC)=C(/N)C(C)(C)O)cn12. The molecule has 0 bridgehead atoms. The predicted molar refractivity (Wildman–Crippen MR) is 135 cm³/mol. The fourth-order valence-corrected chi connectivity index (χ4v) is 3.71. The van der Waals surface area contributed by atoms with Gasteiger partial charge in [-0.25, -0.2) is 9.37 Å². The van der Waals surface area contributed by atoms with Gasteiger partial charge >= 0.3 is 0 Å². The molecule has 0 aliphatic heterocycles. The molecule has 8 heteroatoms. The maximum Gasteiger partial charge on any atom is 0.136 e. The molecule has 0 radical (unpaired) electrons. The van der Waals surface area contributed by atoms with Crippen LogP contribution in [-0.4, -0.2) is 46.0 Å². The second-order valence-electron chi connectivity index (χ2n) is 8.68. The lowest BCUT2D eigenvalue weighted by atomic mass is 9.96. The molecule has 0 spiro atoms. The minimum atomic E-state index is -1.18. The first-order valence-corrected chi connectivity index (χ1v) is 11.4. The van der Waals surface area contributed by atoms with Gasteiger partial charge in [-0.2, -0.15) is 0 Å². The van der Waals surface area contributed by atoms with E-state index in [2.05, 4.69) is 22.2 Å². The molecule has 1 aromatic carbocycles. The quantitative estimate of drug-likeness (QED) is 0.390. The highest BCUT2D eigenvalue weighted by atomic mass is 19.1. The van der Waals surface area contributed by atoms with Crippen molar-refractivity contribution >= 4 is 11.4 Å². The number of benzene rings is 1. The van der Waals surface area contributed by atoms with Gasteiger partial charge in [0.05, 0.1) is 24.1 Å². The van der Waals surface area contributed by atoms with Crippen molar-refractivity contribution in [1.82, 2.24) is 14.7 Å². The van der Waals surface area contributed by atoms with Crippen LogP contribution in [0.4, 0.5) is 4.39 Å². The number of halogens is 1. The Kier molecular flexibility index (Phi) is 8.06. The van der Waals surface area contributed by atoms with Gasteiger partial charge in [-0.3, -0.25) is 4.99 Å². The topological polar surface area (TPSA) is 97.2 Å². The average Bonchev–Trinajstić information content (AvgIpc) is 3.21. The molecule has 4 N–H and O–H groups in total. The van der Waals surface area contributed by atoms with Crippen molar-refractivity contribution in [3.8, 4) is 16.9 Å². The summed E-state index contributed by atoms with van der Waals surface area (Å²) in [5, 5.41) is 13.7. The van der Waals surface area contributed by atoms with Gasteiger partial charge in [0.1, 0.15) is 17.2 Å². The number of rotatable bonds is 10. The summed E-state index contributed by atoms with van der Waals surface area (Å²) < 4.78 is 22.2. The van der Waals surface area contributed by atoms with Gasteiger partial charge in [0.2, 0.25) is 0 Å². The van der Waals surface area contributed by atoms with Crippen LogP contribution >= 0.6 is 0 Å². The Morgan fingerprint density at radius 2 is 2.06 bits per heavy atom. The van der Waals surface area contributed by atoms with Crippen LogP contribution in [0.3, 0.4) is 0 Å². The first-order chi connectivity index (χ1) is 16.2. The smallest absolute Gasteiger partial charge is 0.136 e. The molecule has 0 aliphatic carbocycles. The van der Waals surface area contributed by atoms with Crippen LogP contribution in [0.25, 0.3) is 16.8 Å². The van der Waals surface area contributed by atoms with E-state index in [0.29, 0.717) is 24.4 Å². The Balaban J connectivity index is 1.90. The van der Waals surface area contributed by atoms with E-state index in [4.69, 9.17) is 10.5 Å². The van der Waals surface area contributed by atoms with E-state index in [9.17, 15) is 9.50 Å². The summed E-state index contributed by atoms with van der Waals surface area (Å²) >= 11 is 0. The molecule has 0 atom stereocenters. The Labute approximate surface area is 200 Å². The monoisotopic (exact) mass is 467 g/mol. The number of aromatic nitrogens is 2. The second-order valence-corrected chi connectivity index (χ2v) is 8.68. The first kappa shape index (κ1) is 25.4. The second kappa shape index (κ2) is 10.8. The van der Waals surface area contributed by atoms with Crippen LogP contribution in [0.15, 0.2) is 59.0 Å². The van der Waals surface area contributed by atoms with Gasteiger partial charge < -0.3 is 25.3 Å². The van der Waals surface area contributed by atoms with Crippen molar-refractivity contribution in [3.63, 3.8) is 0 Å². The van der Waals surface area contributed by atoms with Crippen molar-refractivity contribution < 1.29 is 14.2 Å². The lowest BCUT2D eigenvalue weighted by Crippen LogP contribution is -2.31. The molecule has 0 fully saturated rings. The molecular weight excluding hydrogens is 433 g/mol. The van der Waals surface area contributed by atoms with Crippen LogP contribution in [-0.2, 0) is 6.54 Å². The van der Waals surface area contributed by atoms with Crippen molar-refractivity contribution in [3.05, 3.63) is 65.5 Å². The number of fused-ring (bicyclic) bond motifs is 1. The fourth-order valence-electron chi connectivity index (χ4n) is 3.71.